The molecule has 0 bridgehead atoms. The fraction of sp³-hybridized carbons (Fsp3) is 0.529. The van der Waals surface area contributed by atoms with Gasteiger partial charge in [-0.3, -0.25) is 9.69 Å². The minimum atomic E-state index is -0.932. The largest absolute Gasteiger partial charge is 0.389 e. The summed E-state index contributed by atoms with van der Waals surface area (Å²) in [6.07, 6.45) is 2.28. The lowest BCUT2D eigenvalue weighted by Gasteiger charge is -2.21. The van der Waals surface area contributed by atoms with E-state index < -0.39 is 17.7 Å². The fourth-order valence-electron chi connectivity index (χ4n) is 3.34. The van der Waals surface area contributed by atoms with E-state index in [1.165, 1.54) is 0 Å². The predicted molar refractivity (Wildman–Crippen MR) is 88.6 cm³/mol. The van der Waals surface area contributed by atoms with Crippen LogP contribution in [0.2, 0.25) is 5.02 Å². The summed E-state index contributed by atoms with van der Waals surface area (Å²) in [7, 11) is 0. The van der Waals surface area contributed by atoms with Crippen molar-refractivity contribution in [3.05, 3.63) is 34.9 Å². The number of hydrogen-bond donors (Lipinski definition) is 2. The number of aliphatic hydroxyl groups is 1. The first kappa shape index (κ1) is 17.2. The number of halogens is 1. The number of ether oxygens (including phenoxy) is 1. The molecule has 130 valence electrons. The Morgan fingerprint density at radius 2 is 2.00 bits per heavy atom. The van der Waals surface area contributed by atoms with Crippen LogP contribution in [0, 0.1) is 0 Å². The van der Waals surface area contributed by atoms with Crippen LogP contribution in [0.5, 0.6) is 0 Å². The van der Waals surface area contributed by atoms with Crippen molar-refractivity contribution in [1.82, 2.24) is 10.2 Å². The van der Waals surface area contributed by atoms with Crippen LogP contribution in [0.1, 0.15) is 31.2 Å². The van der Waals surface area contributed by atoms with Gasteiger partial charge in [0.2, 0.25) is 0 Å². The van der Waals surface area contributed by atoms with Crippen molar-refractivity contribution in [2.45, 2.75) is 43.9 Å². The zero-order chi connectivity index (χ0) is 17.2. The van der Waals surface area contributed by atoms with Crippen molar-refractivity contribution in [1.29, 1.82) is 0 Å². The molecule has 1 aliphatic carbocycles. The van der Waals surface area contributed by atoms with E-state index in [4.69, 9.17) is 16.3 Å². The number of imide groups is 1. The molecular formula is C17H21ClN2O4. The van der Waals surface area contributed by atoms with E-state index in [9.17, 15) is 14.7 Å². The molecule has 3 rings (SSSR count). The maximum Gasteiger partial charge on any atom is 0.325 e. The zero-order valence-electron chi connectivity index (χ0n) is 13.3. The van der Waals surface area contributed by atoms with E-state index in [2.05, 4.69) is 5.32 Å². The van der Waals surface area contributed by atoms with E-state index in [1.807, 2.05) is 18.2 Å². The van der Waals surface area contributed by atoms with E-state index in [1.54, 1.807) is 6.07 Å². The number of β-amino-alcohol motifs (C(OH)–C–C–N with tert-alkyl or cyclic N) is 1. The van der Waals surface area contributed by atoms with Crippen LogP contribution < -0.4 is 5.32 Å². The number of carbonyl (C=O) groups is 2. The Hall–Kier alpha value is -1.63. The second kappa shape index (κ2) is 7.09. The summed E-state index contributed by atoms with van der Waals surface area (Å²) in [4.78, 5) is 25.6. The van der Waals surface area contributed by atoms with Crippen molar-refractivity contribution in [2.75, 3.05) is 13.2 Å². The van der Waals surface area contributed by atoms with Crippen molar-refractivity contribution >= 4 is 23.5 Å². The molecule has 2 fully saturated rings. The van der Waals surface area contributed by atoms with Gasteiger partial charge in [0.25, 0.3) is 5.91 Å². The first-order chi connectivity index (χ1) is 11.5. The normalized spacial score (nSPS) is 20.7. The van der Waals surface area contributed by atoms with E-state index in [0.29, 0.717) is 17.9 Å². The number of amides is 3. The molecule has 1 saturated heterocycles. The van der Waals surface area contributed by atoms with E-state index in [-0.39, 0.29) is 25.7 Å². The summed E-state index contributed by atoms with van der Waals surface area (Å²) in [5.41, 5.74) is 0.0844. The Labute approximate surface area is 145 Å². The molecule has 6 nitrogen and oxygen atoms in total. The molecule has 0 aromatic heterocycles. The number of nitrogens with zero attached hydrogens (tertiary/aromatic N) is 1. The molecule has 3 amide bonds. The van der Waals surface area contributed by atoms with Gasteiger partial charge < -0.3 is 15.2 Å². The molecule has 2 N–H and O–H groups in total. The van der Waals surface area contributed by atoms with Crippen molar-refractivity contribution in [2.24, 2.45) is 0 Å². The summed E-state index contributed by atoms with van der Waals surface area (Å²) < 4.78 is 5.46. The lowest BCUT2D eigenvalue weighted by atomic mass is 9.98. The standard InChI is InChI=1S/C17H21ClN2O4/c18-14-6-2-1-5-12(14)10-24-11-13(21)9-20-15(22)17(19-16(20)23)7-3-4-8-17/h1-2,5-6,13,21H,3-4,7-11H2,(H,19,23). The smallest absolute Gasteiger partial charge is 0.325 e. The van der Waals surface area contributed by atoms with Gasteiger partial charge in [-0.2, -0.15) is 0 Å². The second-order valence-corrected chi connectivity index (χ2v) is 6.80. The first-order valence-electron chi connectivity index (χ1n) is 8.15. The zero-order valence-corrected chi connectivity index (χ0v) is 14.1. The summed E-state index contributed by atoms with van der Waals surface area (Å²) in [5.74, 6) is -0.227. The van der Waals surface area contributed by atoms with Crippen LogP contribution in [0.25, 0.3) is 0 Å². The molecule has 1 spiro atoms. The SMILES string of the molecule is O=C1NC2(CCCC2)C(=O)N1CC(O)COCc1ccccc1Cl. The summed E-state index contributed by atoms with van der Waals surface area (Å²) in [6, 6.07) is 6.87. The monoisotopic (exact) mass is 352 g/mol. The predicted octanol–water partition coefficient (Wildman–Crippen LogP) is 2.08. The highest BCUT2D eigenvalue weighted by atomic mass is 35.5. The molecule has 1 saturated carbocycles. The second-order valence-electron chi connectivity index (χ2n) is 6.40. The van der Waals surface area contributed by atoms with Gasteiger partial charge in [-0.15, -0.1) is 0 Å². The van der Waals surface area contributed by atoms with Gasteiger partial charge in [-0.05, 0) is 24.5 Å². The van der Waals surface area contributed by atoms with Gasteiger partial charge in [0.1, 0.15) is 5.54 Å². The van der Waals surface area contributed by atoms with Gasteiger partial charge in [0.05, 0.1) is 25.9 Å². The van der Waals surface area contributed by atoms with Crippen molar-refractivity contribution in [3.63, 3.8) is 0 Å². The molecule has 1 atom stereocenters. The molecule has 2 aliphatic rings. The number of nitrogens with one attached hydrogen (secondary N) is 1. The molecule has 1 aliphatic heterocycles. The van der Waals surface area contributed by atoms with Crippen LogP contribution in [0.3, 0.4) is 0 Å². The van der Waals surface area contributed by atoms with Crippen molar-refractivity contribution in [3.8, 4) is 0 Å². The molecule has 1 unspecified atom stereocenters. The molecule has 1 heterocycles. The average Bonchev–Trinajstić information content (AvgIpc) is 3.11. The lowest BCUT2D eigenvalue weighted by molar-refractivity contribution is -0.132. The minimum absolute atomic E-state index is 0.0231. The third-order valence-electron chi connectivity index (χ3n) is 4.62. The number of urea groups is 1. The van der Waals surface area contributed by atoms with E-state index in [0.717, 1.165) is 23.3 Å². The van der Waals surface area contributed by atoms with Gasteiger partial charge in [0, 0.05) is 5.02 Å². The molecule has 0 radical (unpaired) electrons. The maximum atomic E-state index is 12.5. The maximum absolute atomic E-state index is 12.5. The highest BCUT2D eigenvalue weighted by molar-refractivity contribution is 6.31. The number of aliphatic hydroxyl groups excluding tert-OH is 1. The van der Waals surface area contributed by atoms with Crippen LogP contribution in [0.15, 0.2) is 24.3 Å². The molecule has 1 aromatic carbocycles. The first-order valence-corrected chi connectivity index (χ1v) is 8.53. The van der Waals surface area contributed by atoms with Crippen LogP contribution in [-0.2, 0) is 16.1 Å². The number of rotatable bonds is 6. The topological polar surface area (TPSA) is 78.9 Å². The third-order valence-corrected chi connectivity index (χ3v) is 4.99. The lowest BCUT2D eigenvalue weighted by Crippen LogP contribution is -2.45. The highest BCUT2D eigenvalue weighted by Crippen LogP contribution is 2.35. The van der Waals surface area contributed by atoms with Gasteiger partial charge in [-0.1, -0.05) is 42.6 Å². The molecule has 1 aromatic rings. The average molecular weight is 353 g/mol. The quantitative estimate of drug-likeness (QED) is 0.768. The molecule has 24 heavy (non-hydrogen) atoms. The molecule has 7 heteroatoms. The number of carbonyl (C=O) groups excluding carboxylic acids is 2. The Kier molecular flexibility index (Phi) is 5.08. The Bertz CT molecular complexity index is 631. The highest BCUT2D eigenvalue weighted by Gasteiger charge is 2.52. The number of hydrogen-bond acceptors (Lipinski definition) is 4. The summed E-state index contributed by atoms with van der Waals surface area (Å²) in [5, 5.41) is 13.5. The van der Waals surface area contributed by atoms with Gasteiger partial charge in [0.15, 0.2) is 0 Å². The van der Waals surface area contributed by atoms with Crippen LogP contribution in [0.4, 0.5) is 4.79 Å². The van der Waals surface area contributed by atoms with Gasteiger partial charge in [-0.25, -0.2) is 4.79 Å². The summed E-state index contributed by atoms with van der Waals surface area (Å²) in [6.45, 7) is 0.227. The summed E-state index contributed by atoms with van der Waals surface area (Å²) >= 11 is 6.04. The number of benzene rings is 1. The molecular weight excluding hydrogens is 332 g/mol. The Morgan fingerprint density at radius 1 is 1.29 bits per heavy atom. The van der Waals surface area contributed by atoms with Gasteiger partial charge >= 0.3 is 6.03 Å². The van der Waals surface area contributed by atoms with Crippen LogP contribution in [-0.4, -0.2) is 46.7 Å². The van der Waals surface area contributed by atoms with Crippen molar-refractivity contribution < 1.29 is 19.4 Å². The fourth-order valence-corrected chi connectivity index (χ4v) is 3.53. The minimum Gasteiger partial charge on any atom is -0.389 e. The van der Waals surface area contributed by atoms with E-state index >= 15 is 0 Å². The Morgan fingerprint density at radius 3 is 2.71 bits per heavy atom. The Balaban J connectivity index is 1.50. The third kappa shape index (κ3) is 3.41. The van der Waals surface area contributed by atoms with Crippen LogP contribution >= 0.6 is 11.6 Å².